The van der Waals surface area contributed by atoms with Crippen LogP contribution in [0.25, 0.3) is 0 Å². The van der Waals surface area contributed by atoms with E-state index in [9.17, 15) is 10.2 Å². The minimum absolute atomic E-state index is 0.182. The number of terminal acetylenes is 1. The Morgan fingerprint density at radius 3 is 1.86 bits per heavy atom. The van der Waals surface area contributed by atoms with Crippen LogP contribution in [0.2, 0.25) is 0 Å². The fourth-order valence-electron chi connectivity index (χ4n) is 2.56. The van der Waals surface area contributed by atoms with E-state index in [0.717, 1.165) is 23.1 Å². The van der Waals surface area contributed by atoms with Crippen molar-refractivity contribution in [2.45, 2.75) is 77.7 Å². The van der Waals surface area contributed by atoms with E-state index in [1.807, 2.05) is 12.1 Å². The molecule has 0 bridgehead atoms. The van der Waals surface area contributed by atoms with Crippen molar-refractivity contribution in [3.05, 3.63) is 28.8 Å². The average molecular weight is 302 g/mol. The van der Waals surface area contributed by atoms with Gasteiger partial charge in [-0.2, -0.15) is 0 Å². The van der Waals surface area contributed by atoms with Crippen molar-refractivity contribution in [1.82, 2.24) is 0 Å². The maximum absolute atomic E-state index is 10.7. The first kappa shape index (κ1) is 18.6. The van der Waals surface area contributed by atoms with Crippen LogP contribution in [0.15, 0.2) is 12.1 Å². The van der Waals surface area contributed by atoms with Gasteiger partial charge in [-0.05, 0) is 52.5 Å². The Kier molecular flexibility index (Phi) is 5.70. The van der Waals surface area contributed by atoms with Gasteiger partial charge in [0.2, 0.25) is 0 Å². The first-order valence-corrected chi connectivity index (χ1v) is 7.98. The van der Waals surface area contributed by atoms with E-state index in [1.165, 1.54) is 0 Å². The lowest BCUT2D eigenvalue weighted by Crippen LogP contribution is -2.18. The molecule has 0 aromatic heterocycles. The number of aromatic hydroxyl groups is 1. The van der Waals surface area contributed by atoms with Crippen LogP contribution in [-0.4, -0.2) is 10.2 Å². The Balaban J connectivity index is 3.33. The Hall–Kier alpha value is -1.46. The summed E-state index contributed by atoms with van der Waals surface area (Å²) in [5.74, 6) is 2.95. The topological polar surface area (TPSA) is 40.5 Å². The number of aliphatic hydroxyl groups is 1. The second-order valence-corrected chi connectivity index (χ2v) is 8.08. The van der Waals surface area contributed by atoms with E-state index >= 15 is 0 Å². The van der Waals surface area contributed by atoms with E-state index in [1.54, 1.807) is 0 Å². The van der Waals surface area contributed by atoms with Crippen LogP contribution >= 0.6 is 0 Å². The summed E-state index contributed by atoms with van der Waals surface area (Å²) in [5.41, 5.74) is 2.26. The highest BCUT2D eigenvalue weighted by Gasteiger charge is 2.27. The summed E-state index contributed by atoms with van der Waals surface area (Å²) in [4.78, 5) is 0. The van der Waals surface area contributed by atoms with Crippen LogP contribution in [0.3, 0.4) is 0 Å². The summed E-state index contributed by atoms with van der Waals surface area (Å²) in [6.07, 6.45) is 6.84. The maximum Gasteiger partial charge on any atom is 0.123 e. The molecule has 2 heteroatoms. The molecule has 1 rings (SSSR count). The monoisotopic (exact) mass is 302 g/mol. The van der Waals surface area contributed by atoms with Crippen molar-refractivity contribution < 1.29 is 10.2 Å². The molecular formula is C20H30O2. The van der Waals surface area contributed by atoms with Crippen molar-refractivity contribution in [1.29, 1.82) is 0 Å². The van der Waals surface area contributed by atoms with Gasteiger partial charge in [0.05, 0.1) is 6.10 Å². The van der Waals surface area contributed by atoms with Gasteiger partial charge in [0.25, 0.3) is 0 Å². The molecule has 0 heterocycles. The number of rotatable bonds is 4. The molecular weight excluding hydrogens is 272 g/mol. The first-order valence-electron chi connectivity index (χ1n) is 7.98. The molecule has 0 aliphatic heterocycles. The Labute approximate surface area is 135 Å². The molecule has 1 aromatic carbocycles. The highest BCUT2D eigenvalue weighted by molar-refractivity contribution is 5.50. The van der Waals surface area contributed by atoms with Crippen LogP contribution < -0.4 is 0 Å². The Bertz CT molecular complexity index is 516. The molecule has 1 atom stereocenters. The Morgan fingerprint density at radius 2 is 1.50 bits per heavy atom. The molecule has 0 aliphatic carbocycles. The third-order valence-corrected chi connectivity index (χ3v) is 3.93. The SMILES string of the molecule is C#CCCC[C@@H](O)c1cc(C(C)(C)C)c(O)c(C(C)(C)C)c1. The van der Waals surface area contributed by atoms with Crippen molar-refractivity contribution >= 4 is 0 Å². The predicted molar refractivity (Wildman–Crippen MR) is 93.2 cm³/mol. The molecule has 0 unspecified atom stereocenters. The molecule has 2 N–H and O–H groups in total. The molecule has 22 heavy (non-hydrogen) atoms. The normalized spacial score (nSPS) is 13.7. The first-order chi connectivity index (χ1) is 9.98. The number of hydrogen-bond acceptors (Lipinski definition) is 2. The summed E-state index contributed by atoms with van der Waals surface area (Å²) in [6, 6.07) is 3.87. The van der Waals surface area contributed by atoms with Gasteiger partial charge >= 0.3 is 0 Å². The lowest BCUT2D eigenvalue weighted by molar-refractivity contribution is 0.164. The summed E-state index contributed by atoms with van der Waals surface area (Å²) in [7, 11) is 0. The minimum atomic E-state index is -0.545. The average Bonchev–Trinajstić information content (AvgIpc) is 2.36. The van der Waals surface area contributed by atoms with Crippen LogP contribution in [-0.2, 0) is 10.8 Å². The lowest BCUT2D eigenvalue weighted by Gasteiger charge is -2.29. The van der Waals surface area contributed by atoms with Gasteiger partial charge in [0.1, 0.15) is 5.75 Å². The fraction of sp³-hybridized carbons (Fsp3) is 0.600. The zero-order valence-electron chi connectivity index (χ0n) is 14.8. The molecule has 0 saturated heterocycles. The number of benzene rings is 1. The van der Waals surface area contributed by atoms with E-state index in [-0.39, 0.29) is 10.8 Å². The van der Waals surface area contributed by atoms with Crippen molar-refractivity contribution in [3.8, 4) is 18.1 Å². The molecule has 0 spiro atoms. The zero-order valence-corrected chi connectivity index (χ0v) is 14.8. The smallest absolute Gasteiger partial charge is 0.123 e. The van der Waals surface area contributed by atoms with Gasteiger partial charge in [-0.3, -0.25) is 0 Å². The van der Waals surface area contributed by atoms with Gasteiger partial charge in [0.15, 0.2) is 0 Å². The molecule has 1 aromatic rings. The molecule has 0 aliphatic rings. The van der Waals surface area contributed by atoms with Crippen LogP contribution in [0.4, 0.5) is 0 Å². The van der Waals surface area contributed by atoms with Crippen LogP contribution in [0.1, 0.15) is 83.6 Å². The van der Waals surface area contributed by atoms with Gasteiger partial charge in [0, 0.05) is 6.42 Å². The molecule has 0 saturated carbocycles. The number of unbranched alkanes of at least 4 members (excludes halogenated alkanes) is 1. The van der Waals surface area contributed by atoms with Gasteiger partial charge in [-0.1, -0.05) is 41.5 Å². The third kappa shape index (κ3) is 4.52. The molecule has 122 valence electrons. The van der Waals surface area contributed by atoms with Gasteiger partial charge in [-0.25, -0.2) is 0 Å². The molecule has 0 radical (unpaired) electrons. The molecule has 0 fully saturated rings. The number of phenols is 1. The predicted octanol–water partition coefficient (Wildman–Crippen LogP) is 4.82. The quantitative estimate of drug-likeness (QED) is 0.618. The second-order valence-electron chi connectivity index (χ2n) is 8.08. The second kappa shape index (κ2) is 6.75. The van der Waals surface area contributed by atoms with E-state index in [4.69, 9.17) is 6.42 Å². The van der Waals surface area contributed by atoms with E-state index < -0.39 is 6.10 Å². The Morgan fingerprint density at radius 1 is 1.05 bits per heavy atom. The van der Waals surface area contributed by atoms with Crippen molar-refractivity contribution in [2.75, 3.05) is 0 Å². The summed E-state index contributed by atoms with van der Waals surface area (Å²) >= 11 is 0. The molecule has 0 amide bonds. The largest absolute Gasteiger partial charge is 0.507 e. The highest BCUT2D eigenvalue weighted by Crippen LogP contribution is 2.41. The van der Waals surface area contributed by atoms with Gasteiger partial charge < -0.3 is 10.2 Å². The van der Waals surface area contributed by atoms with E-state index in [2.05, 4.69) is 47.5 Å². The highest BCUT2D eigenvalue weighted by atomic mass is 16.3. The number of hydrogen-bond donors (Lipinski definition) is 2. The van der Waals surface area contributed by atoms with Crippen LogP contribution in [0, 0.1) is 12.3 Å². The van der Waals surface area contributed by atoms with E-state index in [0.29, 0.717) is 18.6 Å². The zero-order chi connectivity index (χ0) is 17.1. The number of aliphatic hydroxyl groups excluding tert-OH is 1. The van der Waals surface area contributed by atoms with Crippen molar-refractivity contribution in [3.63, 3.8) is 0 Å². The van der Waals surface area contributed by atoms with Crippen LogP contribution in [0.5, 0.6) is 5.75 Å². The third-order valence-electron chi connectivity index (χ3n) is 3.93. The lowest BCUT2D eigenvalue weighted by atomic mass is 9.77. The minimum Gasteiger partial charge on any atom is -0.507 e. The number of phenolic OH excluding ortho intramolecular Hbond substituents is 1. The summed E-state index contributed by atoms with van der Waals surface area (Å²) < 4.78 is 0. The summed E-state index contributed by atoms with van der Waals surface area (Å²) in [5, 5.41) is 21.1. The maximum atomic E-state index is 10.7. The van der Waals surface area contributed by atoms with Gasteiger partial charge in [-0.15, -0.1) is 12.3 Å². The fourth-order valence-corrected chi connectivity index (χ4v) is 2.56. The standard InChI is InChI=1S/C20H30O2/c1-8-9-10-11-17(21)14-12-15(19(2,3)4)18(22)16(13-14)20(5,6)7/h1,12-13,17,21-22H,9-11H2,2-7H3/t17-/m1/s1. The van der Waals surface area contributed by atoms with Crippen molar-refractivity contribution in [2.24, 2.45) is 0 Å². The summed E-state index contributed by atoms with van der Waals surface area (Å²) in [6.45, 7) is 12.4. The molecule has 2 nitrogen and oxygen atoms in total.